The van der Waals surface area contributed by atoms with Crippen molar-refractivity contribution >= 4 is 28.4 Å². The summed E-state index contributed by atoms with van der Waals surface area (Å²) in [5.41, 5.74) is 7.34. The maximum Gasteiger partial charge on any atom is 0.0723 e. The SMILES string of the molecule is C=Cc1ccc(-c2ccc3nccc(Nc4ccc(CC#N)cc4)c3c2)cc1. The predicted molar refractivity (Wildman–Crippen MR) is 116 cm³/mol. The minimum Gasteiger partial charge on any atom is -0.355 e. The normalized spacial score (nSPS) is 10.4. The van der Waals surface area contributed by atoms with Crippen LogP contribution in [0.3, 0.4) is 0 Å². The molecule has 3 heteroatoms. The first-order chi connectivity index (χ1) is 13.8. The van der Waals surface area contributed by atoms with E-state index >= 15 is 0 Å². The molecule has 28 heavy (non-hydrogen) atoms. The summed E-state index contributed by atoms with van der Waals surface area (Å²) in [5.74, 6) is 0. The molecular formula is C25H19N3. The second kappa shape index (κ2) is 7.77. The van der Waals surface area contributed by atoms with Crippen LogP contribution in [0.15, 0.2) is 85.6 Å². The van der Waals surface area contributed by atoms with Crippen molar-refractivity contribution in [3.63, 3.8) is 0 Å². The molecule has 0 amide bonds. The molecule has 0 atom stereocenters. The van der Waals surface area contributed by atoms with E-state index in [1.54, 1.807) is 0 Å². The Hall–Kier alpha value is -3.90. The second-order valence-electron chi connectivity index (χ2n) is 6.57. The number of hydrogen-bond donors (Lipinski definition) is 1. The molecule has 1 N–H and O–H groups in total. The molecule has 0 aliphatic heterocycles. The molecule has 0 fully saturated rings. The van der Waals surface area contributed by atoms with Gasteiger partial charge < -0.3 is 5.32 Å². The van der Waals surface area contributed by atoms with Gasteiger partial charge in [-0.05, 0) is 52.6 Å². The Morgan fingerprint density at radius 3 is 2.39 bits per heavy atom. The fourth-order valence-electron chi connectivity index (χ4n) is 3.20. The zero-order valence-electron chi connectivity index (χ0n) is 15.4. The van der Waals surface area contributed by atoms with Crippen LogP contribution < -0.4 is 5.32 Å². The molecule has 1 heterocycles. The van der Waals surface area contributed by atoms with Gasteiger partial charge in [0.1, 0.15) is 0 Å². The largest absolute Gasteiger partial charge is 0.355 e. The summed E-state index contributed by atoms with van der Waals surface area (Å²) in [6.07, 6.45) is 4.08. The topological polar surface area (TPSA) is 48.7 Å². The van der Waals surface area contributed by atoms with E-state index in [0.29, 0.717) is 6.42 Å². The van der Waals surface area contributed by atoms with Crippen LogP contribution in [0.4, 0.5) is 11.4 Å². The molecule has 0 radical (unpaired) electrons. The minimum absolute atomic E-state index is 0.423. The fourth-order valence-corrected chi connectivity index (χ4v) is 3.20. The van der Waals surface area contributed by atoms with Gasteiger partial charge in [0.05, 0.1) is 18.0 Å². The average molecular weight is 361 g/mol. The maximum absolute atomic E-state index is 8.81. The molecule has 3 nitrogen and oxygen atoms in total. The number of nitriles is 1. The third kappa shape index (κ3) is 3.62. The lowest BCUT2D eigenvalue weighted by atomic mass is 10.0. The molecule has 0 saturated carbocycles. The zero-order valence-corrected chi connectivity index (χ0v) is 15.4. The Morgan fingerprint density at radius 2 is 1.68 bits per heavy atom. The van der Waals surface area contributed by atoms with Crippen molar-refractivity contribution in [2.24, 2.45) is 0 Å². The van der Waals surface area contributed by atoms with Crippen molar-refractivity contribution in [1.82, 2.24) is 4.98 Å². The van der Waals surface area contributed by atoms with E-state index in [0.717, 1.165) is 44.5 Å². The van der Waals surface area contributed by atoms with Crippen molar-refractivity contribution in [2.45, 2.75) is 6.42 Å². The molecule has 0 unspecified atom stereocenters. The van der Waals surface area contributed by atoms with Crippen LogP contribution in [0.1, 0.15) is 11.1 Å². The van der Waals surface area contributed by atoms with Crippen molar-refractivity contribution in [3.05, 3.63) is 96.7 Å². The molecule has 0 saturated heterocycles. The van der Waals surface area contributed by atoms with E-state index in [9.17, 15) is 0 Å². The Balaban J connectivity index is 1.70. The third-order valence-electron chi connectivity index (χ3n) is 4.74. The number of aromatic nitrogens is 1. The van der Waals surface area contributed by atoms with Gasteiger partial charge in [-0.25, -0.2) is 0 Å². The van der Waals surface area contributed by atoms with Gasteiger partial charge in [0, 0.05) is 23.0 Å². The summed E-state index contributed by atoms with van der Waals surface area (Å²) in [7, 11) is 0. The summed E-state index contributed by atoms with van der Waals surface area (Å²) in [6, 6.07) is 26.8. The molecule has 0 bridgehead atoms. The highest BCUT2D eigenvalue weighted by molar-refractivity contribution is 5.95. The summed E-state index contributed by atoms with van der Waals surface area (Å²) < 4.78 is 0. The smallest absolute Gasteiger partial charge is 0.0723 e. The lowest BCUT2D eigenvalue weighted by Gasteiger charge is -2.11. The Bertz CT molecular complexity index is 1170. The maximum atomic E-state index is 8.81. The highest BCUT2D eigenvalue weighted by Crippen LogP contribution is 2.30. The number of hydrogen-bond acceptors (Lipinski definition) is 3. The van der Waals surface area contributed by atoms with E-state index in [4.69, 9.17) is 5.26 Å². The quantitative estimate of drug-likeness (QED) is 0.450. The van der Waals surface area contributed by atoms with Crippen LogP contribution in [0.5, 0.6) is 0 Å². The van der Waals surface area contributed by atoms with Crippen LogP contribution in [-0.4, -0.2) is 4.98 Å². The summed E-state index contributed by atoms with van der Waals surface area (Å²) in [6.45, 7) is 3.81. The molecule has 4 rings (SSSR count). The van der Waals surface area contributed by atoms with Gasteiger partial charge in [-0.3, -0.25) is 4.98 Å². The molecule has 0 spiro atoms. The Kier molecular flexibility index (Phi) is 4.86. The van der Waals surface area contributed by atoms with Crippen LogP contribution in [-0.2, 0) is 6.42 Å². The monoisotopic (exact) mass is 361 g/mol. The van der Waals surface area contributed by atoms with Crippen LogP contribution in [0.2, 0.25) is 0 Å². The molecule has 4 aromatic rings. The fraction of sp³-hybridized carbons (Fsp3) is 0.0400. The molecule has 0 aliphatic carbocycles. The van der Waals surface area contributed by atoms with Crippen molar-refractivity contribution < 1.29 is 0 Å². The lowest BCUT2D eigenvalue weighted by molar-refractivity contribution is 1.26. The van der Waals surface area contributed by atoms with E-state index in [1.807, 2.05) is 48.7 Å². The molecule has 134 valence electrons. The predicted octanol–water partition coefficient (Wildman–Crippen LogP) is 6.35. The highest BCUT2D eigenvalue weighted by atomic mass is 14.9. The van der Waals surface area contributed by atoms with Crippen molar-refractivity contribution in [2.75, 3.05) is 5.32 Å². The number of pyridine rings is 1. The minimum atomic E-state index is 0.423. The lowest BCUT2D eigenvalue weighted by Crippen LogP contribution is -1.93. The first-order valence-electron chi connectivity index (χ1n) is 9.11. The van der Waals surface area contributed by atoms with Crippen LogP contribution in [0.25, 0.3) is 28.1 Å². The van der Waals surface area contributed by atoms with Gasteiger partial charge in [0.15, 0.2) is 0 Å². The molecule has 0 aliphatic rings. The summed E-state index contributed by atoms with van der Waals surface area (Å²) in [4.78, 5) is 4.49. The van der Waals surface area contributed by atoms with Gasteiger partial charge in [0.2, 0.25) is 0 Å². The van der Waals surface area contributed by atoms with Crippen LogP contribution in [0, 0.1) is 11.3 Å². The van der Waals surface area contributed by atoms with Gasteiger partial charge >= 0.3 is 0 Å². The van der Waals surface area contributed by atoms with Crippen LogP contribution >= 0.6 is 0 Å². The molecule has 1 aromatic heterocycles. The number of nitrogens with one attached hydrogen (secondary N) is 1. The number of benzene rings is 3. The van der Waals surface area contributed by atoms with E-state index in [-0.39, 0.29) is 0 Å². The number of anilines is 2. The van der Waals surface area contributed by atoms with Gasteiger partial charge in [-0.2, -0.15) is 5.26 Å². The third-order valence-corrected chi connectivity index (χ3v) is 4.74. The van der Waals surface area contributed by atoms with Gasteiger partial charge in [-0.1, -0.05) is 55.1 Å². The van der Waals surface area contributed by atoms with E-state index in [2.05, 4.69) is 59.3 Å². The molecular weight excluding hydrogens is 342 g/mol. The van der Waals surface area contributed by atoms with Gasteiger partial charge in [-0.15, -0.1) is 0 Å². The summed E-state index contributed by atoms with van der Waals surface area (Å²) >= 11 is 0. The highest BCUT2D eigenvalue weighted by Gasteiger charge is 2.06. The molecule has 3 aromatic carbocycles. The van der Waals surface area contributed by atoms with Gasteiger partial charge in [0.25, 0.3) is 0 Å². The Labute approximate surface area is 164 Å². The number of fused-ring (bicyclic) bond motifs is 1. The standard InChI is InChI=1S/C25H19N3/c1-2-18-3-7-20(8-4-18)21-9-12-24-23(17-21)25(14-16-27-24)28-22-10-5-19(6-11-22)13-15-26/h2-12,14,16-17H,1,13H2,(H,27,28). The number of rotatable bonds is 5. The first-order valence-corrected chi connectivity index (χ1v) is 9.11. The number of nitrogens with zero attached hydrogens (tertiary/aromatic N) is 2. The second-order valence-corrected chi connectivity index (χ2v) is 6.57. The summed E-state index contributed by atoms with van der Waals surface area (Å²) in [5, 5.41) is 13.4. The Morgan fingerprint density at radius 1 is 0.929 bits per heavy atom. The average Bonchev–Trinajstić information content (AvgIpc) is 2.75. The van der Waals surface area contributed by atoms with Crippen molar-refractivity contribution in [3.8, 4) is 17.2 Å². The van der Waals surface area contributed by atoms with E-state index < -0.39 is 0 Å². The van der Waals surface area contributed by atoms with Crippen molar-refractivity contribution in [1.29, 1.82) is 5.26 Å². The van der Waals surface area contributed by atoms with E-state index in [1.165, 1.54) is 0 Å². The zero-order chi connectivity index (χ0) is 19.3. The first kappa shape index (κ1) is 17.5.